The SMILES string of the molecule is COc1cc(/C=C2\SC(=S)N(NC(=O)c3ccccc3)C2=O)ccc1OS(=O)(=O)c1ccccc1. The zero-order chi connectivity index (χ0) is 25.0. The maximum absolute atomic E-state index is 12.9. The summed E-state index contributed by atoms with van der Waals surface area (Å²) in [6.07, 6.45) is 1.56. The van der Waals surface area contributed by atoms with Gasteiger partial charge in [0.05, 0.1) is 12.0 Å². The smallest absolute Gasteiger partial charge is 0.339 e. The van der Waals surface area contributed by atoms with Gasteiger partial charge in [-0.05, 0) is 60.3 Å². The third-order valence-corrected chi connectivity index (χ3v) is 7.31. The van der Waals surface area contributed by atoms with Crippen molar-refractivity contribution in [2.75, 3.05) is 7.11 Å². The fourth-order valence-corrected chi connectivity index (χ4v) is 5.21. The van der Waals surface area contributed by atoms with E-state index in [-0.39, 0.29) is 25.6 Å². The molecule has 0 bridgehead atoms. The predicted molar refractivity (Wildman–Crippen MR) is 136 cm³/mol. The first kappa shape index (κ1) is 24.5. The van der Waals surface area contributed by atoms with Gasteiger partial charge in [-0.2, -0.15) is 13.4 Å². The van der Waals surface area contributed by atoms with Gasteiger partial charge in [0, 0.05) is 5.56 Å². The number of methoxy groups -OCH3 is 1. The minimum atomic E-state index is -4.06. The quantitative estimate of drug-likeness (QED) is 0.280. The number of hydrogen-bond acceptors (Lipinski definition) is 8. The van der Waals surface area contributed by atoms with Gasteiger partial charge in [0.15, 0.2) is 15.8 Å². The van der Waals surface area contributed by atoms with Gasteiger partial charge in [-0.25, -0.2) is 0 Å². The van der Waals surface area contributed by atoms with E-state index in [1.807, 2.05) is 0 Å². The molecule has 3 aromatic rings. The van der Waals surface area contributed by atoms with E-state index in [0.717, 1.165) is 16.8 Å². The maximum atomic E-state index is 12.9. The Kier molecular flexibility index (Phi) is 7.20. The lowest BCUT2D eigenvalue weighted by Gasteiger charge is -2.15. The molecule has 1 fully saturated rings. The highest BCUT2D eigenvalue weighted by atomic mass is 32.2. The summed E-state index contributed by atoms with van der Waals surface area (Å²) in [7, 11) is -2.68. The van der Waals surface area contributed by atoms with Gasteiger partial charge in [-0.15, -0.1) is 0 Å². The number of carbonyl (C=O) groups is 2. The van der Waals surface area contributed by atoms with E-state index in [0.29, 0.717) is 11.1 Å². The fourth-order valence-electron chi connectivity index (χ4n) is 3.07. The van der Waals surface area contributed by atoms with Crippen molar-refractivity contribution in [1.82, 2.24) is 10.4 Å². The lowest BCUT2D eigenvalue weighted by molar-refractivity contribution is -0.123. The molecule has 1 heterocycles. The summed E-state index contributed by atoms with van der Waals surface area (Å²) >= 11 is 6.28. The summed E-state index contributed by atoms with van der Waals surface area (Å²) in [6.45, 7) is 0. The molecule has 35 heavy (non-hydrogen) atoms. The highest BCUT2D eigenvalue weighted by Crippen LogP contribution is 2.35. The molecule has 1 aliphatic rings. The zero-order valence-electron chi connectivity index (χ0n) is 18.2. The molecule has 3 aromatic carbocycles. The Bertz CT molecular complexity index is 1420. The Morgan fingerprint density at radius 3 is 2.31 bits per heavy atom. The van der Waals surface area contributed by atoms with Crippen molar-refractivity contribution in [2.45, 2.75) is 4.90 Å². The number of rotatable bonds is 7. The van der Waals surface area contributed by atoms with Gasteiger partial charge in [-0.1, -0.05) is 54.2 Å². The molecule has 178 valence electrons. The summed E-state index contributed by atoms with van der Waals surface area (Å²) < 4.78 is 35.8. The Labute approximate surface area is 211 Å². The third kappa shape index (κ3) is 5.53. The largest absolute Gasteiger partial charge is 0.493 e. The molecule has 0 radical (unpaired) electrons. The van der Waals surface area contributed by atoms with Gasteiger partial charge >= 0.3 is 10.1 Å². The summed E-state index contributed by atoms with van der Waals surface area (Å²) in [4.78, 5) is 25.6. The first-order valence-electron chi connectivity index (χ1n) is 10.1. The van der Waals surface area contributed by atoms with Crippen molar-refractivity contribution < 1.29 is 26.9 Å². The van der Waals surface area contributed by atoms with Gasteiger partial charge in [0.25, 0.3) is 11.8 Å². The number of carbonyl (C=O) groups excluding carboxylic acids is 2. The van der Waals surface area contributed by atoms with Gasteiger partial charge in [0.2, 0.25) is 0 Å². The lowest BCUT2D eigenvalue weighted by Crippen LogP contribution is -2.44. The minimum absolute atomic E-state index is 0.00354. The van der Waals surface area contributed by atoms with Crippen LogP contribution in [-0.4, -0.2) is 36.7 Å². The highest BCUT2D eigenvalue weighted by Gasteiger charge is 2.34. The van der Waals surface area contributed by atoms with Gasteiger partial charge < -0.3 is 8.92 Å². The molecule has 4 rings (SSSR count). The second kappa shape index (κ2) is 10.3. The molecule has 1 saturated heterocycles. The molecule has 0 atom stereocenters. The Morgan fingerprint density at radius 2 is 1.66 bits per heavy atom. The van der Waals surface area contributed by atoms with Crippen LogP contribution >= 0.6 is 24.0 Å². The van der Waals surface area contributed by atoms with Crippen LogP contribution < -0.4 is 14.3 Å². The van der Waals surface area contributed by atoms with Crippen LogP contribution in [-0.2, 0) is 14.9 Å². The van der Waals surface area contributed by atoms with Crippen molar-refractivity contribution in [3.8, 4) is 11.5 Å². The maximum Gasteiger partial charge on any atom is 0.339 e. The van der Waals surface area contributed by atoms with E-state index in [9.17, 15) is 18.0 Å². The summed E-state index contributed by atoms with van der Waals surface area (Å²) in [5.41, 5.74) is 3.44. The Hall–Kier alpha value is -3.67. The van der Waals surface area contributed by atoms with Crippen LogP contribution in [0.25, 0.3) is 6.08 Å². The van der Waals surface area contributed by atoms with E-state index in [4.69, 9.17) is 21.1 Å². The third-order valence-electron chi connectivity index (χ3n) is 4.76. The normalized spacial score (nSPS) is 14.8. The van der Waals surface area contributed by atoms with E-state index in [1.165, 1.54) is 31.4 Å². The van der Waals surface area contributed by atoms with Crippen molar-refractivity contribution in [3.05, 3.63) is 94.9 Å². The molecular formula is C24H18N2O6S3. The Balaban J connectivity index is 1.53. The molecule has 1 N–H and O–H groups in total. The second-order valence-corrected chi connectivity index (χ2v) is 10.3. The molecule has 0 unspecified atom stereocenters. The molecule has 0 spiro atoms. The Morgan fingerprint density at radius 1 is 1.00 bits per heavy atom. The number of nitrogens with one attached hydrogen (secondary N) is 1. The first-order valence-corrected chi connectivity index (χ1v) is 12.7. The molecule has 1 aliphatic heterocycles. The monoisotopic (exact) mass is 526 g/mol. The van der Waals surface area contributed by atoms with Crippen molar-refractivity contribution in [2.24, 2.45) is 0 Å². The molecule has 2 amide bonds. The van der Waals surface area contributed by atoms with Gasteiger partial charge in [0.1, 0.15) is 4.90 Å². The number of benzene rings is 3. The van der Waals surface area contributed by atoms with Crippen LogP contribution in [0.3, 0.4) is 0 Å². The fraction of sp³-hybridized carbons (Fsp3) is 0.0417. The number of thioether (sulfide) groups is 1. The summed E-state index contributed by atoms with van der Waals surface area (Å²) in [6, 6.07) is 20.7. The number of hydrazine groups is 1. The van der Waals surface area contributed by atoms with E-state index in [1.54, 1.807) is 60.7 Å². The zero-order valence-corrected chi connectivity index (χ0v) is 20.7. The summed E-state index contributed by atoms with van der Waals surface area (Å²) in [5.74, 6) is -0.802. The van der Waals surface area contributed by atoms with Gasteiger partial charge in [-0.3, -0.25) is 15.0 Å². The van der Waals surface area contributed by atoms with Crippen molar-refractivity contribution in [3.63, 3.8) is 0 Å². The first-order chi connectivity index (χ1) is 16.8. The van der Waals surface area contributed by atoms with Crippen LogP contribution in [0.15, 0.2) is 88.7 Å². The standard InChI is InChI=1S/C24H18N2O6S3/c1-31-20-14-16(12-13-19(20)32-35(29,30)18-10-6-3-7-11-18)15-21-23(28)26(24(33)34-21)25-22(27)17-8-4-2-5-9-17/h2-15H,1H3,(H,25,27)/b21-15-. The van der Waals surface area contributed by atoms with Crippen LogP contribution in [0.2, 0.25) is 0 Å². The average molecular weight is 527 g/mol. The highest BCUT2D eigenvalue weighted by molar-refractivity contribution is 8.26. The summed E-state index contributed by atoms with van der Waals surface area (Å²) in [5, 5.41) is 1.02. The molecule has 0 saturated carbocycles. The van der Waals surface area contributed by atoms with Crippen LogP contribution in [0.1, 0.15) is 15.9 Å². The van der Waals surface area contributed by atoms with E-state index in [2.05, 4.69) is 5.43 Å². The number of hydrogen-bond donors (Lipinski definition) is 1. The van der Waals surface area contributed by atoms with Crippen LogP contribution in [0, 0.1) is 0 Å². The number of thiocarbonyl (C=S) groups is 1. The molecular weight excluding hydrogens is 508 g/mol. The van der Waals surface area contributed by atoms with Crippen LogP contribution in [0.5, 0.6) is 11.5 Å². The topological polar surface area (TPSA) is 102 Å². The number of nitrogens with zero attached hydrogens (tertiary/aromatic N) is 1. The molecule has 11 heteroatoms. The van der Waals surface area contributed by atoms with Crippen molar-refractivity contribution >= 4 is 56.3 Å². The van der Waals surface area contributed by atoms with Crippen molar-refractivity contribution in [1.29, 1.82) is 0 Å². The average Bonchev–Trinajstić information content (AvgIpc) is 3.13. The number of ether oxygens (including phenoxy) is 1. The molecule has 0 aliphatic carbocycles. The molecule has 8 nitrogen and oxygen atoms in total. The lowest BCUT2D eigenvalue weighted by atomic mass is 10.2. The van der Waals surface area contributed by atoms with E-state index < -0.39 is 21.9 Å². The predicted octanol–water partition coefficient (Wildman–Crippen LogP) is 4.01. The molecule has 0 aromatic heterocycles. The minimum Gasteiger partial charge on any atom is -0.493 e. The number of amides is 2. The van der Waals surface area contributed by atoms with Crippen LogP contribution in [0.4, 0.5) is 0 Å². The second-order valence-electron chi connectivity index (χ2n) is 7.08. The van der Waals surface area contributed by atoms with E-state index >= 15 is 0 Å².